The number of hydrogen-bond acceptors (Lipinski definition) is 3. The lowest BCUT2D eigenvalue weighted by atomic mass is 10.1. The minimum absolute atomic E-state index is 0.269. The van der Waals surface area contributed by atoms with Crippen molar-refractivity contribution in [3.05, 3.63) is 36.0 Å². The smallest absolute Gasteiger partial charge is 0.125 e. The van der Waals surface area contributed by atoms with Crippen LogP contribution in [-0.4, -0.2) is 17.6 Å². The predicted molar refractivity (Wildman–Crippen MR) is 68.2 cm³/mol. The maximum atomic E-state index is 6.02. The number of nitrogens with zero attached hydrogens (tertiary/aromatic N) is 1. The summed E-state index contributed by atoms with van der Waals surface area (Å²) in [5, 5.41) is 4.56. The molecule has 17 heavy (non-hydrogen) atoms. The summed E-state index contributed by atoms with van der Waals surface area (Å²) >= 11 is 0. The molecule has 0 fully saturated rings. The average molecular weight is 228 g/mol. The second kappa shape index (κ2) is 4.34. The van der Waals surface area contributed by atoms with E-state index in [9.17, 15) is 0 Å². The fourth-order valence-electron chi connectivity index (χ4n) is 2.21. The summed E-state index contributed by atoms with van der Waals surface area (Å²) in [6, 6.07) is 8.26. The highest BCUT2D eigenvalue weighted by atomic mass is 16.5. The first kappa shape index (κ1) is 10.5. The Morgan fingerprint density at radius 3 is 3.29 bits per heavy atom. The molecule has 1 aliphatic heterocycles. The first-order chi connectivity index (χ1) is 8.36. The number of fused-ring (bicyclic) bond motifs is 2. The van der Waals surface area contributed by atoms with Gasteiger partial charge >= 0.3 is 0 Å². The van der Waals surface area contributed by atoms with Gasteiger partial charge in [0, 0.05) is 30.2 Å². The number of hydrogen-bond donors (Lipinski definition) is 1. The SMILES string of the molecule is CC[C@@H]1CNCc2cc3ncccc3cc2O1. The van der Waals surface area contributed by atoms with E-state index in [1.165, 1.54) is 5.56 Å². The van der Waals surface area contributed by atoms with Crippen molar-refractivity contribution < 1.29 is 4.74 Å². The number of ether oxygens (including phenoxy) is 1. The molecule has 88 valence electrons. The first-order valence-electron chi connectivity index (χ1n) is 6.12. The molecule has 2 heterocycles. The van der Waals surface area contributed by atoms with E-state index in [-0.39, 0.29) is 6.10 Å². The number of aromatic nitrogens is 1. The van der Waals surface area contributed by atoms with Crippen molar-refractivity contribution >= 4 is 10.9 Å². The minimum atomic E-state index is 0.269. The quantitative estimate of drug-likeness (QED) is 0.814. The van der Waals surface area contributed by atoms with Crippen LogP contribution in [0.25, 0.3) is 10.9 Å². The Hall–Kier alpha value is -1.61. The van der Waals surface area contributed by atoms with Gasteiger partial charge in [0.1, 0.15) is 11.9 Å². The van der Waals surface area contributed by atoms with E-state index in [1.807, 2.05) is 12.3 Å². The molecule has 0 saturated carbocycles. The van der Waals surface area contributed by atoms with Crippen LogP contribution in [0.1, 0.15) is 18.9 Å². The second-order valence-electron chi connectivity index (χ2n) is 4.44. The van der Waals surface area contributed by atoms with Gasteiger partial charge in [0.2, 0.25) is 0 Å². The van der Waals surface area contributed by atoms with Crippen molar-refractivity contribution in [1.82, 2.24) is 10.3 Å². The molecule has 1 aromatic heterocycles. The van der Waals surface area contributed by atoms with Crippen LogP contribution in [0.15, 0.2) is 30.5 Å². The van der Waals surface area contributed by atoms with Gasteiger partial charge in [-0.3, -0.25) is 4.98 Å². The molecule has 0 aliphatic carbocycles. The van der Waals surface area contributed by atoms with Crippen LogP contribution in [0.5, 0.6) is 5.75 Å². The average Bonchev–Trinajstić information content (AvgIpc) is 2.57. The largest absolute Gasteiger partial charge is 0.489 e. The molecule has 3 rings (SSSR count). The van der Waals surface area contributed by atoms with E-state index in [0.717, 1.165) is 36.2 Å². The van der Waals surface area contributed by atoms with E-state index in [4.69, 9.17) is 4.74 Å². The predicted octanol–water partition coefficient (Wildman–Crippen LogP) is 2.50. The number of nitrogens with one attached hydrogen (secondary N) is 1. The van der Waals surface area contributed by atoms with Crippen molar-refractivity contribution in [2.45, 2.75) is 26.0 Å². The van der Waals surface area contributed by atoms with E-state index in [2.05, 4.69) is 35.4 Å². The zero-order chi connectivity index (χ0) is 11.7. The van der Waals surface area contributed by atoms with Crippen molar-refractivity contribution in [2.24, 2.45) is 0 Å². The molecule has 1 atom stereocenters. The van der Waals surface area contributed by atoms with Gasteiger partial charge in [-0.15, -0.1) is 0 Å². The highest BCUT2D eigenvalue weighted by Crippen LogP contribution is 2.27. The van der Waals surface area contributed by atoms with Crippen LogP contribution in [-0.2, 0) is 6.54 Å². The Bertz CT molecular complexity index is 539. The Labute approximate surface area is 101 Å². The van der Waals surface area contributed by atoms with Crippen molar-refractivity contribution in [2.75, 3.05) is 6.54 Å². The van der Waals surface area contributed by atoms with E-state index in [0.29, 0.717) is 0 Å². The van der Waals surface area contributed by atoms with Crippen LogP contribution in [0.4, 0.5) is 0 Å². The molecule has 1 aromatic carbocycles. The maximum Gasteiger partial charge on any atom is 0.125 e. The van der Waals surface area contributed by atoms with Crippen LogP contribution >= 0.6 is 0 Å². The topological polar surface area (TPSA) is 34.2 Å². The normalized spacial score (nSPS) is 19.5. The molecule has 0 amide bonds. The minimum Gasteiger partial charge on any atom is -0.489 e. The third-order valence-electron chi connectivity index (χ3n) is 3.22. The van der Waals surface area contributed by atoms with Gasteiger partial charge in [-0.2, -0.15) is 0 Å². The highest BCUT2D eigenvalue weighted by Gasteiger charge is 2.16. The molecule has 3 heteroatoms. The van der Waals surface area contributed by atoms with Crippen LogP contribution in [0.2, 0.25) is 0 Å². The summed E-state index contributed by atoms with van der Waals surface area (Å²) in [7, 11) is 0. The van der Waals surface area contributed by atoms with Gasteiger partial charge in [0.25, 0.3) is 0 Å². The Morgan fingerprint density at radius 2 is 2.41 bits per heavy atom. The third kappa shape index (κ3) is 1.98. The summed E-state index contributed by atoms with van der Waals surface area (Å²) in [4.78, 5) is 4.38. The monoisotopic (exact) mass is 228 g/mol. The molecule has 2 aromatic rings. The van der Waals surface area contributed by atoms with Crippen molar-refractivity contribution in [3.8, 4) is 5.75 Å². The van der Waals surface area contributed by atoms with Gasteiger partial charge in [0.05, 0.1) is 5.52 Å². The van der Waals surface area contributed by atoms with Gasteiger partial charge in [-0.05, 0) is 24.6 Å². The lowest BCUT2D eigenvalue weighted by molar-refractivity contribution is 0.202. The molecule has 0 bridgehead atoms. The number of benzene rings is 1. The van der Waals surface area contributed by atoms with Gasteiger partial charge < -0.3 is 10.1 Å². The van der Waals surface area contributed by atoms with Crippen LogP contribution in [0.3, 0.4) is 0 Å². The Balaban J connectivity index is 2.09. The standard InChI is InChI=1S/C14H16N2O/c1-2-12-9-15-8-11-6-13-10(4-3-5-16-13)7-14(11)17-12/h3-7,12,15H,2,8-9H2,1H3/t12-/m1/s1. The van der Waals surface area contributed by atoms with Crippen molar-refractivity contribution in [3.63, 3.8) is 0 Å². The lowest BCUT2D eigenvalue weighted by Gasteiger charge is -2.15. The molecular weight excluding hydrogens is 212 g/mol. The Kier molecular flexibility index (Phi) is 2.69. The van der Waals surface area contributed by atoms with Gasteiger partial charge in [0.15, 0.2) is 0 Å². The molecule has 3 nitrogen and oxygen atoms in total. The fraction of sp³-hybridized carbons (Fsp3) is 0.357. The molecule has 1 N–H and O–H groups in total. The van der Waals surface area contributed by atoms with Crippen LogP contribution < -0.4 is 10.1 Å². The highest BCUT2D eigenvalue weighted by molar-refractivity contribution is 5.81. The molecular formula is C14H16N2O. The second-order valence-corrected chi connectivity index (χ2v) is 4.44. The summed E-state index contributed by atoms with van der Waals surface area (Å²) < 4.78 is 6.02. The molecule has 0 saturated heterocycles. The third-order valence-corrected chi connectivity index (χ3v) is 3.22. The molecule has 0 spiro atoms. The van der Waals surface area contributed by atoms with E-state index >= 15 is 0 Å². The zero-order valence-corrected chi connectivity index (χ0v) is 9.94. The maximum absolute atomic E-state index is 6.02. The first-order valence-corrected chi connectivity index (χ1v) is 6.12. The molecule has 0 unspecified atom stereocenters. The van der Waals surface area contributed by atoms with E-state index in [1.54, 1.807) is 0 Å². The zero-order valence-electron chi connectivity index (χ0n) is 9.94. The van der Waals surface area contributed by atoms with Crippen molar-refractivity contribution in [1.29, 1.82) is 0 Å². The summed E-state index contributed by atoms with van der Waals surface area (Å²) in [6.45, 7) is 3.92. The van der Waals surface area contributed by atoms with Crippen LogP contribution in [0, 0.1) is 0 Å². The summed E-state index contributed by atoms with van der Waals surface area (Å²) in [5.74, 6) is 1.00. The summed E-state index contributed by atoms with van der Waals surface area (Å²) in [6.07, 6.45) is 3.12. The molecule has 0 radical (unpaired) electrons. The number of rotatable bonds is 1. The number of pyridine rings is 1. The molecule has 1 aliphatic rings. The van der Waals surface area contributed by atoms with Gasteiger partial charge in [-0.25, -0.2) is 0 Å². The fourth-order valence-corrected chi connectivity index (χ4v) is 2.21. The van der Waals surface area contributed by atoms with Gasteiger partial charge in [-0.1, -0.05) is 13.0 Å². The van der Waals surface area contributed by atoms with E-state index < -0.39 is 0 Å². The lowest BCUT2D eigenvalue weighted by Crippen LogP contribution is -2.27. The Morgan fingerprint density at radius 1 is 1.47 bits per heavy atom. The summed E-state index contributed by atoms with van der Waals surface area (Å²) in [5.41, 5.74) is 2.23.